The smallest absolute Gasteiger partial charge is 0.234 e. The SMILES string of the molecule is Cc1ccc(NC(=O)CSC(C)C(=O)NCc2ccccc2C)cc1. The molecule has 0 saturated heterocycles. The average Bonchev–Trinajstić information content (AvgIpc) is 2.60. The molecule has 2 N–H and O–H groups in total. The zero-order valence-corrected chi connectivity index (χ0v) is 15.7. The van der Waals surface area contributed by atoms with Gasteiger partial charge in [-0.2, -0.15) is 0 Å². The van der Waals surface area contributed by atoms with Crippen molar-refractivity contribution in [1.82, 2.24) is 5.32 Å². The fraction of sp³-hybridized carbons (Fsp3) is 0.300. The second-order valence-electron chi connectivity index (χ2n) is 6.01. The van der Waals surface area contributed by atoms with Crippen LogP contribution in [-0.2, 0) is 16.1 Å². The maximum absolute atomic E-state index is 12.2. The normalized spacial score (nSPS) is 11.6. The summed E-state index contributed by atoms with van der Waals surface area (Å²) in [5, 5.41) is 5.48. The third-order valence-electron chi connectivity index (χ3n) is 3.88. The highest BCUT2D eigenvalue weighted by Gasteiger charge is 2.15. The summed E-state index contributed by atoms with van der Waals surface area (Å²) in [5.41, 5.74) is 4.17. The summed E-state index contributed by atoms with van der Waals surface area (Å²) in [5.74, 6) is 0.0797. The molecular weight excluding hydrogens is 332 g/mol. The van der Waals surface area contributed by atoms with E-state index in [0.29, 0.717) is 6.54 Å². The number of thioether (sulfide) groups is 1. The number of benzene rings is 2. The fourth-order valence-electron chi connectivity index (χ4n) is 2.24. The first kappa shape index (κ1) is 19.1. The summed E-state index contributed by atoms with van der Waals surface area (Å²) in [6.07, 6.45) is 0. The van der Waals surface area contributed by atoms with E-state index in [1.807, 2.05) is 69.3 Å². The van der Waals surface area contributed by atoms with Gasteiger partial charge in [-0.3, -0.25) is 9.59 Å². The van der Waals surface area contributed by atoms with Gasteiger partial charge in [0.05, 0.1) is 11.0 Å². The Balaban J connectivity index is 1.74. The number of rotatable bonds is 7. The molecule has 2 aromatic carbocycles. The highest BCUT2D eigenvalue weighted by Crippen LogP contribution is 2.14. The van der Waals surface area contributed by atoms with Gasteiger partial charge in [0.15, 0.2) is 0 Å². The van der Waals surface area contributed by atoms with Crippen molar-refractivity contribution in [2.45, 2.75) is 32.6 Å². The standard InChI is InChI=1S/C20H24N2O2S/c1-14-8-10-18(11-9-14)22-19(23)13-25-16(3)20(24)21-12-17-7-5-4-6-15(17)2/h4-11,16H,12-13H2,1-3H3,(H,21,24)(H,22,23). The van der Waals surface area contributed by atoms with Crippen LogP contribution in [0.2, 0.25) is 0 Å². The second kappa shape index (κ2) is 9.28. The van der Waals surface area contributed by atoms with Gasteiger partial charge in [-0.05, 0) is 44.0 Å². The summed E-state index contributed by atoms with van der Waals surface area (Å²) < 4.78 is 0. The summed E-state index contributed by atoms with van der Waals surface area (Å²) in [7, 11) is 0. The minimum atomic E-state index is -0.284. The van der Waals surface area contributed by atoms with Gasteiger partial charge in [0.2, 0.25) is 11.8 Å². The van der Waals surface area contributed by atoms with Crippen LogP contribution < -0.4 is 10.6 Å². The Morgan fingerprint density at radius 2 is 1.72 bits per heavy atom. The highest BCUT2D eigenvalue weighted by atomic mass is 32.2. The quantitative estimate of drug-likeness (QED) is 0.796. The molecule has 0 heterocycles. The molecule has 1 atom stereocenters. The van der Waals surface area contributed by atoms with Crippen molar-refractivity contribution in [3.8, 4) is 0 Å². The fourth-order valence-corrected chi connectivity index (χ4v) is 2.95. The predicted octanol–water partition coefficient (Wildman–Crippen LogP) is 3.68. The molecule has 0 fully saturated rings. The van der Waals surface area contributed by atoms with Crippen LogP contribution in [0, 0.1) is 13.8 Å². The highest BCUT2D eigenvalue weighted by molar-refractivity contribution is 8.01. The van der Waals surface area contributed by atoms with Crippen LogP contribution >= 0.6 is 11.8 Å². The van der Waals surface area contributed by atoms with Crippen LogP contribution in [0.5, 0.6) is 0 Å². The average molecular weight is 356 g/mol. The van der Waals surface area contributed by atoms with E-state index in [1.54, 1.807) is 0 Å². The number of aryl methyl sites for hydroxylation is 2. The molecule has 0 aliphatic heterocycles. The molecule has 132 valence electrons. The maximum atomic E-state index is 12.2. The van der Waals surface area contributed by atoms with Crippen LogP contribution in [0.25, 0.3) is 0 Å². The van der Waals surface area contributed by atoms with Crippen molar-refractivity contribution >= 4 is 29.3 Å². The first-order valence-electron chi connectivity index (χ1n) is 8.26. The Labute approximate surface area is 153 Å². The van der Waals surface area contributed by atoms with Crippen molar-refractivity contribution in [2.24, 2.45) is 0 Å². The van der Waals surface area contributed by atoms with Crippen LogP contribution in [-0.4, -0.2) is 22.8 Å². The van der Waals surface area contributed by atoms with E-state index in [2.05, 4.69) is 10.6 Å². The maximum Gasteiger partial charge on any atom is 0.234 e. The first-order valence-corrected chi connectivity index (χ1v) is 9.31. The zero-order chi connectivity index (χ0) is 18.2. The number of carbonyl (C=O) groups excluding carboxylic acids is 2. The number of amides is 2. The minimum Gasteiger partial charge on any atom is -0.351 e. The third kappa shape index (κ3) is 6.27. The van der Waals surface area contributed by atoms with E-state index in [9.17, 15) is 9.59 Å². The Morgan fingerprint density at radius 1 is 1.04 bits per heavy atom. The molecule has 4 nitrogen and oxygen atoms in total. The van der Waals surface area contributed by atoms with Crippen LogP contribution in [0.1, 0.15) is 23.6 Å². The topological polar surface area (TPSA) is 58.2 Å². The van der Waals surface area contributed by atoms with Gasteiger partial charge in [0, 0.05) is 12.2 Å². The molecule has 0 aliphatic rings. The summed E-state index contributed by atoms with van der Waals surface area (Å²) in [4.78, 5) is 24.2. The molecule has 2 aromatic rings. The molecule has 0 aromatic heterocycles. The van der Waals surface area contributed by atoms with Gasteiger partial charge in [-0.25, -0.2) is 0 Å². The molecule has 5 heteroatoms. The van der Waals surface area contributed by atoms with Crippen molar-refractivity contribution in [3.05, 3.63) is 65.2 Å². The number of carbonyl (C=O) groups is 2. The van der Waals surface area contributed by atoms with Crippen molar-refractivity contribution in [1.29, 1.82) is 0 Å². The summed E-state index contributed by atoms with van der Waals surface area (Å²) >= 11 is 1.33. The lowest BCUT2D eigenvalue weighted by Gasteiger charge is -2.13. The molecule has 2 rings (SSSR count). The lowest BCUT2D eigenvalue weighted by Crippen LogP contribution is -2.31. The van der Waals surface area contributed by atoms with E-state index in [1.165, 1.54) is 11.8 Å². The lowest BCUT2D eigenvalue weighted by atomic mass is 10.1. The van der Waals surface area contributed by atoms with Gasteiger partial charge in [-0.15, -0.1) is 11.8 Å². The van der Waals surface area contributed by atoms with E-state index in [0.717, 1.165) is 22.4 Å². The Morgan fingerprint density at radius 3 is 2.40 bits per heavy atom. The Hall–Kier alpha value is -2.27. The van der Waals surface area contributed by atoms with Crippen molar-refractivity contribution in [3.63, 3.8) is 0 Å². The number of hydrogen-bond acceptors (Lipinski definition) is 3. The van der Waals surface area contributed by atoms with E-state index >= 15 is 0 Å². The van der Waals surface area contributed by atoms with Crippen LogP contribution in [0.15, 0.2) is 48.5 Å². The zero-order valence-electron chi connectivity index (χ0n) is 14.8. The van der Waals surface area contributed by atoms with Gasteiger partial charge in [0.1, 0.15) is 0 Å². The van der Waals surface area contributed by atoms with Gasteiger partial charge < -0.3 is 10.6 Å². The van der Waals surface area contributed by atoms with Gasteiger partial charge >= 0.3 is 0 Å². The van der Waals surface area contributed by atoms with Crippen molar-refractivity contribution in [2.75, 3.05) is 11.1 Å². The predicted molar refractivity (Wildman–Crippen MR) is 105 cm³/mol. The molecule has 0 radical (unpaired) electrons. The first-order chi connectivity index (χ1) is 12.0. The molecular formula is C20H24N2O2S. The van der Waals surface area contributed by atoms with Crippen molar-refractivity contribution < 1.29 is 9.59 Å². The van der Waals surface area contributed by atoms with E-state index in [4.69, 9.17) is 0 Å². The lowest BCUT2D eigenvalue weighted by molar-refractivity contribution is -0.120. The number of hydrogen-bond donors (Lipinski definition) is 2. The van der Waals surface area contributed by atoms with Crippen LogP contribution in [0.4, 0.5) is 5.69 Å². The molecule has 0 aliphatic carbocycles. The minimum absolute atomic E-state index is 0.0589. The Kier molecular flexibility index (Phi) is 7.07. The summed E-state index contributed by atoms with van der Waals surface area (Å²) in [6.45, 7) is 6.34. The molecule has 2 amide bonds. The molecule has 1 unspecified atom stereocenters. The largest absolute Gasteiger partial charge is 0.351 e. The Bertz CT molecular complexity index is 729. The van der Waals surface area contributed by atoms with Crippen LogP contribution in [0.3, 0.4) is 0 Å². The number of anilines is 1. The van der Waals surface area contributed by atoms with E-state index < -0.39 is 0 Å². The van der Waals surface area contributed by atoms with E-state index in [-0.39, 0.29) is 22.8 Å². The second-order valence-corrected chi connectivity index (χ2v) is 7.34. The molecule has 0 spiro atoms. The third-order valence-corrected chi connectivity index (χ3v) is 5.03. The monoisotopic (exact) mass is 356 g/mol. The van der Waals surface area contributed by atoms with Gasteiger partial charge in [-0.1, -0.05) is 42.0 Å². The number of nitrogens with one attached hydrogen (secondary N) is 2. The molecule has 0 bridgehead atoms. The summed E-state index contributed by atoms with van der Waals surface area (Å²) in [6, 6.07) is 15.6. The molecule has 0 saturated carbocycles. The molecule has 25 heavy (non-hydrogen) atoms. The van der Waals surface area contributed by atoms with Gasteiger partial charge in [0.25, 0.3) is 0 Å².